The van der Waals surface area contributed by atoms with Gasteiger partial charge in [-0.25, -0.2) is 4.39 Å². The lowest BCUT2D eigenvalue weighted by Gasteiger charge is -2.59. The molecule has 0 aromatic rings. The molecule has 4 aliphatic carbocycles. The molecule has 0 bridgehead atoms. The number of fused-ring (bicyclic) bond motifs is 5. The molecule has 3 fully saturated rings. The lowest BCUT2D eigenvalue weighted by atomic mass is 9.46. The van der Waals surface area contributed by atoms with Gasteiger partial charge in [-0.1, -0.05) is 33.1 Å². The normalized spacial score (nSPS) is 43.4. The van der Waals surface area contributed by atoms with Crippen LogP contribution in [0.4, 0.5) is 4.39 Å². The standard InChI is InChI=1S/C24H29FO6S/c1-12-13(2)21(19(28)11-31-32(5,29)30)24(4)10-18(27)22-15(20(12)24)9-17(25)16-8-14(26)6-7-23(16,22)3/h6-8,15,17-18,20-22,27H,1-2,9-11H2,3-5H3/t15-,17?,18?,20-,21+,22+,23-,24-/m0/s1. The van der Waals surface area contributed by atoms with Crippen molar-refractivity contribution in [2.24, 2.45) is 34.5 Å². The van der Waals surface area contributed by atoms with E-state index in [0.29, 0.717) is 16.7 Å². The molecule has 1 N–H and O–H groups in total. The van der Waals surface area contributed by atoms with E-state index in [2.05, 4.69) is 13.2 Å². The molecule has 0 aromatic carbocycles. The van der Waals surface area contributed by atoms with Crippen LogP contribution in [-0.4, -0.2) is 50.2 Å². The summed E-state index contributed by atoms with van der Waals surface area (Å²) >= 11 is 0. The highest BCUT2D eigenvalue weighted by atomic mass is 32.2. The van der Waals surface area contributed by atoms with E-state index in [4.69, 9.17) is 4.18 Å². The van der Waals surface area contributed by atoms with Crippen LogP contribution in [0.2, 0.25) is 0 Å². The molecule has 0 aromatic heterocycles. The van der Waals surface area contributed by atoms with Gasteiger partial charge in [0.1, 0.15) is 12.8 Å². The average molecular weight is 465 g/mol. The zero-order valence-electron chi connectivity index (χ0n) is 18.5. The Kier molecular flexibility index (Phi) is 5.31. The maximum atomic E-state index is 15.4. The summed E-state index contributed by atoms with van der Waals surface area (Å²) in [6, 6.07) is 0. The van der Waals surface area contributed by atoms with Crippen molar-refractivity contribution in [2.75, 3.05) is 12.9 Å². The number of ketones is 2. The highest BCUT2D eigenvalue weighted by Crippen LogP contribution is 2.68. The SMILES string of the molecule is C=C1C(=C)[C@H]2[C@@H]3CC(F)C4=CC(=O)C=C[C@]4(C)[C@H]3C(O)C[C@]2(C)[C@H]1C(=O)COS(C)(=O)=O. The third-order valence-electron chi connectivity index (χ3n) is 8.22. The third kappa shape index (κ3) is 3.30. The summed E-state index contributed by atoms with van der Waals surface area (Å²) in [5.74, 6) is -2.46. The number of rotatable bonds is 4. The van der Waals surface area contributed by atoms with Crippen molar-refractivity contribution < 1.29 is 31.7 Å². The van der Waals surface area contributed by atoms with E-state index >= 15 is 4.39 Å². The van der Waals surface area contributed by atoms with Crippen molar-refractivity contribution >= 4 is 21.7 Å². The van der Waals surface area contributed by atoms with E-state index in [9.17, 15) is 23.1 Å². The predicted molar refractivity (Wildman–Crippen MR) is 117 cm³/mol. The fourth-order valence-electron chi connectivity index (χ4n) is 7.17. The van der Waals surface area contributed by atoms with Gasteiger partial charge in [0, 0.05) is 11.3 Å². The molecular formula is C24H29FO6S. The fraction of sp³-hybridized carbons (Fsp3) is 0.583. The average Bonchev–Trinajstić information content (AvgIpc) is 2.86. The zero-order valence-corrected chi connectivity index (χ0v) is 19.3. The van der Waals surface area contributed by atoms with Crippen LogP contribution in [0.1, 0.15) is 26.7 Å². The van der Waals surface area contributed by atoms with Gasteiger partial charge in [0.2, 0.25) is 0 Å². The Labute approximate surface area is 188 Å². The van der Waals surface area contributed by atoms with Crippen LogP contribution in [0, 0.1) is 34.5 Å². The van der Waals surface area contributed by atoms with Gasteiger partial charge in [0.25, 0.3) is 10.1 Å². The predicted octanol–water partition coefficient (Wildman–Crippen LogP) is 2.71. The fourth-order valence-corrected chi connectivity index (χ4v) is 7.50. The van der Waals surface area contributed by atoms with Crippen molar-refractivity contribution in [3.05, 3.63) is 48.1 Å². The Hall–Kier alpha value is -1.90. The van der Waals surface area contributed by atoms with Gasteiger partial charge in [-0.05, 0) is 59.0 Å². The van der Waals surface area contributed by atoms with Crippen LogP contribution >= 0.6 is 0 Å². The molecule has 3 saturated carbocycles. The van der Waals surface area contributed by atoms with Gasteiger partial charge in [-0.3, -0.25) is 13.8 Å². The molecule has 8 atom stereocenters. The lowest BCUT2D eigenvalue weighted by Crippen LogP contribution is -2.58. The summed E-state index contributed by atoms with van der Waals surface area (Å²) < 4.78 is 42.9. The second kappa shape index (κ2) is 7.30. The summed E-state index contributed by atoms with van der Waals surface area (Å²) in [5, 5.41) is 11.3. The van der Waals surface area contributed by atoms with Gasteiger partial charge in [0.05, 0.1) is 18.3 Å². The van der Waals surface area contributed by atoms with Gasteiger partial charge in [-0.15, -0.1) is 0 Å². The second-order valence-electron chi connectivity index (χ2n) is 10.2. The molecule has 2 unspecified atom stereocenters. The van der Waals surface area contributed by atoms with E-state index in [1.807, 2.05) is 13.8 Å². The van der Waals surface area contributed by atoms with Gasteiger partial charge >= 0.3 is 0 Å². The molecule has 32 heavy (non-hydrogen) atoms. The van der Waals surface area contributed by atoms with Gasteiger partial charge < -0.3 is 5.11 Å². The van der Waals surface area contributed by atoms with Crippen LogP contribution < -0.4 is 0 Å². The number of Topliss-reactive ketones (excluding diaryl/α,β-unsaturated/α-hetero) is 1. The molecule has 8 heteroatoms. The first-order valence-electron chi connectivity index (χ1n) is 10.7. The first-order valence-corrected chi connectivity index (χ1v) is 12.5. The summed E-state index contributed by atoms with van der Waals surface area (Å²) in [4.78, 5) is 25.0. The van der Waals surface area contributed by atoms with Crippen LogP contribution in [0.5, 0.6) is 0 Å². The van der Waals surface area contributed by atoms with E-state index in [-0.39, 0.29) is 36.4 Å². The van der Waals surface area contributed by atoms with Crippen molar-refractivity contribution in [1.82, 2.24) is 0 Å². The van der Waals surface area contributed by atoms with Crippen molar-refractivity contribution in [3.8, 4) is 0 Å². The summed E-state index contributed by atoms with van der Waals surface area (Å²) in [7, 11) is -3.81. The maximum Gasteiger partial charge on any atom is 0.264 e. The van der Waals surface area contributed by atoms with Crippen molar-refractivity contribution in [2.45, 2.75) is 39.0 Å². The Balaban J connectivity index is 1.74. The summed E-state index contributed by atoms with van der Waals surface area (Å²) in [6.07, 6.45) is 3.49. The Bertz CT molecular complexity index is 1090. The van der Waals surface area contributed by atoms with E-state index in [1.54, 1.807) is 6.08 Å². The number of halogens is 1. The van der Waals surface area contributed by atoms with Crippen LogP contribution in [0.15, 0.2) is 48.1 Å². The Morgan fingerprint density at radius 3 is 2.59 bits per heavy atom. The van der Waals surface area contributed by atoms with E-state index in [0.717, 1.165) is 6.26 Å². The molecule has 6 nitrogen and oxygen atoms in total. The van der Waals surface area contributed by atoms with Gasteiger partial charge in [-0.2, -0.15) is 8.42 Å². The topological polar surface area (TPSA) is 97.7 Å². The molecule has 4 rings (SSSR count). The zero-order chi connectivity index (χ0) is 23.8. The summed E-state index contributed by atoms with van der Waals surface area (Å²) in [5.41, 5.74) is -0.0846. The number of alkyl halides is 1. The molecule has 4 aliphatic rings. The molecule has 0 heterocycles. The van der Waals surface area contributed by atoms with Crippen molar-refractivity contribution in [1.29, 1.82) is 0 Å². The molecule has 0 aliphatic heterocycles. The number of carbonyl (C=O) groups excluding carboxylic acids is 2. The number of hydrogen-bond donors (Lipinski definition) is 1. The summed E-state index contributed by atoms with van der Waals surface area (Å²) in [6.45, 7) is 11.4. The highest BCUT2D eigenvalue weighted by Gasteiger charge is 2.66. The third-order valence-corrected chi connectivity index (χ3v) is 8.77. The number of allylic oxidation sites excluding steroid dienone is 6. The van der Waals surface area contributed by atoms with Crippen molar-refractivity contribution in [3.63, 3.8) is 0 Å². The number of carbonyl (C=O) groups is 2. The van der Waals surface area contributed by atoms with Gasteiger partial charge in [0.15, 0.2) is 11.6 Å². The quantitative estimate of drug-likeness (QED) is 0.643. The molecule has 0 radical (unpaired) electrons. The minimum Gasteiger partial charge on any atom is -0.393 e. The van der Waals surface area contributed by atoms with Crippen LogP contribution in [0.3, 0.4) is 0 Å². The molecule has 0 spiro atoms. The maximum absolute atomic E-state index is 15.4. The Morgan fingerprint density at radius 2 is 1.97 bits per heavy atom. The first kappa shape index (κ1) is 23.3. The van der Waals surface area contributed by atoms with Crippen LogP contribution in [0.25, 0.3) is 0 Å². The smallest absolute Gasteiger partial charge is 0.264 e. The highest BCUT2D eigenvalue weighted by molar-refractivity contribution is 7.86. The Morgan fingerprint density at radius 1 is 1.31 bits per heavy atom. The largest absolute Gasteiger partial charge is 0.393 e. The van der Waals surface area contributed by atoms with E-state index < -0.39 is 51.5 Å². The number of aliphatic hydroxyl groups excluding tert-OH is 1. The minimum absolute atomic E-state index is 0.109. The number of aliphatic hydroxyl groups is 1. The van der Waals surface area contributed by atoms with Crippen LogP contribution in [-0.2, 0) is 23.9 Å². The lowest BCUT2D eigenvalue weighted by molar-refractivity contribution is -0.139. The number of hydrogen-bond acceptors (Lipinski definition) is 6. The van der Waals surface area contributed by atoms with E-state index in [1.165, 1.54) is 12.2 Å². The molecular weight excluding hydrogens is 435 g/mol. The monoisotopic (exact) mass is 464 g/mol. The molecule has 0 saturated heterocycles. The first-order chi connectivity index (χ1) is 14.7. The minimum atomic E-state index is -3.81. The second-order valence-corrected chi connectivity index (χ2v) is 11.8. The molecule has 174 valence electrons. The molecule has 0 amide bonds.